The van der Waals surface area contributed by atoms with E-state index in [1.165, 1.54) is 11.3 Å². The summed E-state index contributed by atoms with van der Waals surface area (Å²) >= 11 is 3.52. The van der Waals surface area contributed by atoms with E-state index in [2.05, 4.69) is 56.9 Å². The largest absolute Gasteiger partial charge is 0.495 e. The van der Waals surface area contributed by atoms with Gasteiger partial charge in [0.25, 0.3) is 0 Å². The summed E-state index contributed by atoms with van der Waals surface area (Å²) in [4.78, 5) is 4.92. The molecule has 0 amide bonds. The second kappa shape index (κ2) is 8.85. The van der Waals surface area contributed by atoms with Crippen molar-refractivity contribution < 1.29 is 14.2 Å². The molecule has 1 aliphatic heterocycles. The van der Waals surface area contributed by atoms with Crippen LogP contribution in [0.15, 0.2) is 40.9 Å². The van der Waals surface area contributed by atoms with Gasteiger partial charge in [-0.15, -0.1) is 0 Å². The fourth-order valence-corrected chi connectivity index (χ4v) is 3.94. The number of methoxy groups -OCH3 is 3. The summed E-state index contributed by atoms with van der Waals surface area (Å²) in [5.74, 6) is 2.42. The molecule has 146 valence electrons. The first-order valence-electron chi connectivity index (χ1n) is 9.11. The quantitative estimate of drug-likeness (QED) is 0.674. The van der Waals surface area contributed by atoms with Crippen LogP contribution in [0.5, 0.6) is 17.2 Å². The minimum Gasteiger partial charge on any atom is -0.495 e. The van der Waals surface area contributed by atoms with Gasteiger partial charge in [0.05, 0.1) is 25.8 Å². The Morgan fingerprint density at radius 3 is 2.11 bits per heavy atom. The number of halogens is 1. The lowest BCUT2D eigenvalue weighted by atomic mass is 10.0. The molecule has 2 aromatic rings. The molecule has 1 atom stereocenters. The van der Waals surface area contributed by atoms with Crippen molar-refractivity contribution in [3.05, 3.63) is 46.4 Å². The SMILES string of the molecule is COc1cc(N2CCN(C(C)c3ccc(OC)c(OC)c3)CC2)ccc1Br. The highest BCUT2D eigenvalue weighted by atomic mass is 79.9. The van der Waals surface area contributed by atoms with Crippen LogP contribution in [0.4, 0.5) is 5.69 Å². The van der Waals surface area contributed by atoms with Gasteiger partial charge in [-0.05, 0) is 52.7 Å². The van der Waals surface area contributed by atoms with Gasteiger partial charge in [0.2, 0.25) is 0 Å². The standard InChI is InChI=1S/C21H27BrN2O3/c1-15(16-5-8-19(25-2)21(13-16)27-4)23-9-11-24(12-10-23)17-6-7-18(22)20(14-17)26-3/h5-8,13-15H,9-12H2,1-4H3. The fraction of sp³-hybridized carbons (Fsp3) is 0.429. The molecule has 0 bridgehead atoms. The predicted octanol–water partition coefficient (Wildman–Crippen LogP) is 4.36. The molecule has 1 unspecified atom stereocenters. The molecule has 0 N–H and O–H groups in total. The van der Waals surface area contributed by atoms with Gasteiger partial charge in [0.15, 0.2) is 11.5 Å². The Kier molecular flexibility index (Phi) is 6.50. The van der Waals surface area contributed by atoms with Crippen LogP contribution in [-0.2, 0) is 0 Å². The average Bonchev–Trinajstić information content (AvgIpc) is 2.73. The molecule has 3 rings (SSSR count). The van der Waals surface area contributed by atoms with Crippen LogP contribution in [0.25, 0.3) is 0 Å². The summed E-state index contributed by atoms with van der Waals surface area (Å²) in [6.45, 7) is 6.24. The van der Waals surface area contributed by atoms with Gasteiger partial charge in [-0.1, -0.05) is 6.07 Å². The Hall–Kier alpha value is -1.92. The molecule has 0 aliphatic carbocycles. The van der Waals surface area contributed by atoms with Crippen molar-refractivity contribution in [1.82, 2.24) is 4.90 Å². The summed E-state index contributed by atoms with van der Waals surface area (Å²) in [7, 11) is 5.04. The van der Waals surface area contributed by atoms with Crippen LogP contribution >= 0.6 is 15.9 Å². The Morgan fingerprint density at radius 2 is 1.48 bits per heavy atom. The average molecular weight is 435 g/mol. The zero-order valence-electron chi connectivity index (χ0n) is 16.4. The monoisotopic (exact) mass is 434 g/mol. The summed E-state index contributed by atoms with van der Waals surface area (Å²) in [5.41, 5.74) is 2.44. The van der Waals surface area contributed by atoms with Crippen LogP contribution in [0.2, 0.25) is 0 Å². The molecule has 2 aromatic carbocycles. The number of hydrogen-bond donors (Lipinski definition) is 0. The lowest BCUT2D eigenvalue weighted by Crippen LogP contribution is -2.47. The predicted molar refractivity (Wildman–Crippen MR) is 112 cm³/mol. The van der Waals surface area contributed by atoms with Crippen LogP contribution in [-0.4, -0.2) is 52.4 Å². The first-order valence-corrected chi connectivity index (χ1v) is 9.91. The van der Waals surface area contributed by atoms with E-state index >= 15 is 0 Å². The van der Waals surface area contributed by atoms with Crippen molar-refractivity contribution in [3.63, 3.8) is 0 Å². The van der Waals surface area contributed by atoms with Crippen molar-refractivity contribution in [3.8, 4) is 17.2 Å². The minimum absolute atomic E-state index is 0.325. The summed E-state index contributed by atoms with van der Waals surface area (Å²) < 4.78 is 17.2. The third-order valence-corrected chi connectivity index (χ3v) is 5.91. The fourth-order valence-electron chi connectivity index (χ4n) is 3.54. The normalized spacial score (nSPS) is 16.1. The van der Waals surface area contributed by atoms with Gasteiger partial charge >= 0.3 is 0 Å². The lowest BCUT2D eigenvalue weighted by molar-refractivity contribution is 0.198. The van der Waals surface area contributed by atoms with Crippen molar-refractivity contribution in [2.24, 2.45) is 0 Å². The molecule has 1 saturated heterocycles. The molecule has 5 nitrogen and oxygen atoms in total. The number of ether oxygens (including phenoxy) is 3. The van der Waals surface area contributed by atoms with Gasteiger partial charge in [0, 0.05) is 44.0 Å². The molecule has 0 saturated carbocycles. The van der Waals surface area contributed by atoms with E-state index in [9.17, 15) is 0 Å². The first kappa shape index (κ1) is 19.8. The number of nitrogens with zero attached hydrogens (tertiary/aromatic N) is 2. The van der Waals surface area contributed by atoms with E-state index in [1.807, 2.05) is 12.1 Å². The van der Waals surface area contributed by atoms with Gasteiger partial charge in [-0.3, -0.25) is 4.90 Å². The number of benzene rings is 2. The molecule has 6 heteroatoms. The minimum atomic E-state index is 0.325. The summed E-state index contributed by atoms with van der Waals surface area (Å²) in [5, 5.41) is 0. The van der Waals surface area contributed by atoms with Crippen molar-refractivity contribution in [2.45, 2.75) is 13.0 Å². The van der Waals surface area contributed by atoms with E-state index in [0.29, 0.717) is 6.04 Å². The maximum Gasteiger partial charge on any atom is 0.161 e. The first-order chi connectivity index (χ1) is 13.1. The Morgan fingerprint density at radius 1 is 0.815 bits per heavy atom. The highest BCUT2D eigenvalue weighted by Gasteiger charge is 2.23. The molecule has 0 radical (unpaired) electrons. The third-order valence-electron chi connectivity index (χ3n) is 5.25. The van der Waals surface area contributed by atoms with Crippen LogP contribution < -0.4 is 19.1 Å². The topological polar surface area (TPSA) is 34.2 Å². The maximum absolute atomic E-state index is 5.45. The highest BCUT2D eigenvalue weighted by molar-refractivity contribution is 9.10. The third kappa shape index (κ3) is 4.33. The molecule has 0 spiro atoms. The number of hydrogen-bond acceptors (Lipinski definition) is 5. The highest BCUT2D eigenvalue weighted by Crippen LogP contribution is 2.33. The molecular formula is C21H27BrN2O3. The van der Waals surface area contributed by atoms with Crippen molar-refractivity contribution in [2.75, 3.05) is 52.4 Å². The van der Waals surface area contributed by atoms with Gasteiger partial charge in [-0.25, -0.2) is 0 Å². The molecular weight excluding hydrogens is 408 g/mol. The zero-order chi connectivity index (χ0) is 19.4. The molecule has 1 fully saturated rings. The van der Waals surface area contributed by atoms with Crippen LogP contribution in [0.3, 0.4) is 0 Å². The Bertz CT molecular complexity index is 776. The maximum atomic E-state index is 5.45. The summed E-state index contributed by atoms with van der Waals surface area (Å²) in [6, 6.07) is 12.8. The number of anilines is 1. The van der Waals surface area contributed by atoms with E-state index < -0.39 is 0 Å². The molecule has 1 aliphatic rings. The van der Waals surface area contributed by atoms with E-state index in [-0.39, 0.29) is 0 Å². The van der Waals surface area contributed by atoms with E-state index in [1.54, 1.807) is 21.3 Å². The van der Waals surface area contributed by atoms with Crippen LogP contribution in [0.1, 0.15) is 18.5 Å². The van der Waals surface area contributed by atoms with Gasteiger partial charge in [-0.2, -0.15) is 0 Å². The molecule has 1 heterocycles. The smallest absolute Gasteiger partial charge is 0.161 e. The van der Waals surface area contributed by atoms with Crippen LogP contribution in [0, 0.1) is 0 Å². The number of rotatable bonds is 6. The zero-order valence-corrected chi connectivity index (χ0v) is 18.0. The Balaban J connectivity index is 1.66. The van der Waals surface area contributed by atoms with E-state index in [4.69, 9.17) is 14.2 Å². The van der Waals surface area contributed by atoms with Gasteiger partial charge < -0.3 is 19.1 Å². The van der Waals surface area contributed by atoms with Crippen molar-refractivity contribution in [1.29, 1.82) is 0 Å². The second-order valence-corrected chi connectivity index (χ2v) is 7.49. The van der Waals surface area contributed by atoms with Gasteiger partial charge in [0.1, 0.15) is 5.75 Å². The molecule has 0 aromatic heterocycles. The molecule has 27 heavy (non-hydrogen) atoms. The summed E-state index contributed by atoms with van der Waals surface area (Å²) in [6.07, 6.45) is 0. The van der Waals surface area contributed by atoms with Crippen molar-refractivity contribution >= 4 is 21.6 Å². The second-order valence-electron chi connectivity index (χ2n) is 6.63. The lowest BCUT2D eigenvalue weighted by Gasteiger charge is -2.39. The Labute approximate surface area is 169 Å². The number of piperazine rings is 1. The van der Waals surface area contributed by atoms with E-state index in [0.717, 1.165) is 47.9 Å².